The Morgan fingerprint density at radius 2 is 2.24 bits per heavy atom. The summed E-state index contributed by atoms with van der Waals surface area (Å²) in [5, 5.41) is 0. The van der Waals surface area contributed by atoms with Crippen molar-refractivity contribution in [1.29, 1.82) is 0 Å². The van der Waals surface area contributed by atoms with Gasteiger partial charge in [-0.15, -0.1) is 0 Å². The summed E-state index contributed by atoms with van der Waals surface area (Å²) in [5.74, 6) is 5.18. The second kappa shape index (κ2) is 5.27. The highest BCUT2D eigenvalue weighted by Gasteiger charge is 2.22. The maximum Gasteiger partial charge on any atom is 0.241 e. The summed E-state index contributed by atoms with van der Waals surface area (Å²) in [6.45, 7) is 2.44. The van der Waals surface area contributed by atoms with E-state index >= 15 is 0 Å². The minimum absolute atomic E-state index is 0.129. The molecule has 1 fully saturated rings. The maximum atomic E-state index is 11.9. The number of nitrogens with zero attached hydrogens (tertiary/aromatic N) is 2. The highest BCUT2D eigenvalue weighted by atomic mass is 16.6. The van der Waals surface area contributed by atoms with Gasteiger partial charge in [0.15, 0.2) is 0 Å². The highest BCUT2D eigenvalue weighted by molar-refractivity contribution is 5.95. The van der Waals surface area contributed by atoms with E-state index in [1.807, 2.05) is 36.2 Å². The summed E-state index contributed by atoms with van der Waals surface area (Å²) in [6, 6.07) is 7.71. The Morgan fingerprint density at radius 3 is 2.94 bits per heavy atom. The number of benzene rings is 1. The Kier molecular flexibility index (Phi) is 3.73. The first-order valence-corrected chi connectivity index (χ1v) is 5.60. The fourth-order valence-electron chi connectivity index (χ4n) is 1.97. The molecule has 0 spiro atoms. The van der Waals surface area contributed by atoms with Crippen LogP contribution in [0.25, 0.3) is 0 Å². The standard InChI is InChI=1S/C12H17N3O2/c1-14-5-6-15(12(16)8-14)11-4-2-3-10(7-11)9-17-13/h2-4,7H,5-6,8-9,13H2,1H3. The van der Waals surface area contributed by atoms with Crippen LogP contribution in [0.1, 0.15) is 5.56 Å². The molecule has 1 aromatic carbocycles. The molecule has 1 heterocycles. The van der Waals surface area contributed by atoms with Gasteiger partial charge in [0.1, 0.15) is 0 Å². The largest absolute Gasteiger partial charge is 0.310 e. The summed E-state index contributed by atoms with van der Waals surface area (Å²) in [6.07, 6.45) is 0. The highest BCUT2D eigenvalue weighted by Crippen LogP contribution is 2.18. The molecule has 1 amide bonds. The van der Waals surface area contributed by atoms with Gasteiger partial charge < -0.3 is 4.90 Å². The summed E-state index contributed by atoms with van der Waals surface area (Å²) < 4.78 is 0. The van der Waals surface area contributed by atoms with E-state index < -0.39 is 0 Å². The van der Waals surface area contributed by atoms with Crippen molar-refractivity contribution in [2.75, 3.05) is 31.6 Å². The average molecular weight is 235 g/mol. The molecule has 2 rings (SSSR count). The van der Waals surface area contributed by atoms with E-state index in [4.69, 9.17) is 5.90 Å². The van der Waals surface area contributed by atoms with Gasteiger partial charge in [0.2, 0.25) is 5.91 Å². The third-order valence-electron chi connectivity index (χ3n) is 2.88. The number of hydrogen-bond donors (Lipinski definition) is 1. The van der Waals surface area contributed by atoms with Crippen LogP contribution in [0.15, 0.2) is 24.3 Å². The number of rotatable bonds is 3. The molecule has 17 heavy (non-hydrogen) atoms. The molecule has 1 aliphatic rings. The monoisotopic (exact) mass is 235 g/mol. The summed E-state index contributed by atoms with van der Waals surface area (Å²) >= 11 is 0. The second-order valence-electron chi connectivity index (χ2n) is 4.26. The van der Waals surface area contributed by atoms with E-state index in [1.54, 1.807) is 4.90 Å². The van der Waals surface area contributed by atoms with Gasteiger partial charge >= 0.3 is 0 Å². The zero-order valence-electron chi connectivity index (χ0n) is 9.93. The van der Waals surface area contributed by atoms with Crippen LogP contribution < -0.4 is 10.8 Å². The van der Waals surface area contributed by atoms with Crippen molar-refractivity contribution in [2.45, 2.75) is 6.61 Å². The summed E-state index contributed by atoms with van der Waals surface area (Å²) in [4.78, 5) is 20.3. The van der Waals surface area contributed by atoms with Gasteiger partial charge in [-0.25, -0.2) is 5.90 Å². The first-order valence-electron chi connectivity index (χ1n) is 5.60. The van der Waals surface area contributed by atoms with Gasteiger partial charge in [-0.05, 0) is 24.7 Å². The number of carbonyl (C=O) groups is 1. The molecule has 0 bridgehead atoms. The average Bonchev–Trinajstić information content (AvgIpc) is 2.29. The molecule has 1 saturated heterocycles. The van der Waals surface area contributed by atoms with Crippen LogP contribution in [0, 0.1) is 0 Å². The number of likely N-dealkylation sites (N-methyl/N-ethyl adjacent to an activating group) is 1. The van der Waals surface area contributed by atoms with Gasteiger partial charge in [0, 0.05) is 18.8 Å². The van der Waals surface area contributed by atoms with Crippen molar-refractivity contribution in [3.05, 3.63) is 29.8 Å². The van der Waals surface area contributed by atoms with Gasteiger partial charge in [0.25, 0.3) is 0 Å². The van der Waals surface area contributed by atoms with Crippen molar-refractivity contribution in [2.24, 2.45) is 5.90 Å². The zero-order chi connectivity index (χ0) is 12.3. The molecule has 5 nitrogen and oxygen atoms in total. The lowest BCUT2D eigenvalue weighted by Crippen LogP contribution is -2.48. The Balaban J connectivity index is 2.16. The molecule has 2 N–H and O–H groups in total. The molecule has 1 aromatic rings. The Bertz CT molecular complexity index is 408. The first kappa shape index (κ1) is 12.0. The van der Waals surface area contributed by atoms with Crippen molar-refractivity contribution < 1.29 is 9.63 Å². The van der Waals surface area contributed by atoms with Crippen LogP contribution in [0.3, 0.4) is 0 Å². The van der Waals surface area contributed by atoms with E-state index in [1.165, 1.54) is 0 Å². The third kappa shape index (κ3) is 2.82. The van der Waals surface area contributed by atoms with Gasteiger partial charge in [-0.1, -0.05) is 12.1 Å². The van der Waals surface area contributed by atoms with Crippen molar-refractivity contribution in [3.63, 3.8) is 0 Å². The molecular weight excluding hydrogens is 218 g/mol. The summed E-state index contributed by atoms with van der Waals surface area (Å²) in [7, 11) is 1.95. The minimum Gasteiger partial charge on any atom is -0.310 e. The Hall–Kier alpha value is -1.43. The van der Waals surface area contributed by atoms with Crippen LogP contribution in [0.5, 0.6) is 0 Å². The smallest absolute Gasteiger partial charge is 0.241 e. The van der Waals surface area contributed by atoms with Gasteiger partial charge in [-0.2, -0.15) is 0 Å². The van der Waals surface area contributed by atoms with Crippen molar-refractivity contribution >= 4 is 11.6 Å². The number of carbonyl (C=O) groups excluding carboxylic acids is 1. The predicted molar refractivity (Wildman–Crippen MR) is 65.3 cm³/mol. The molecule has 0 aliphatic carbocycles. The molecule has 0 unspecified atom stereocenters. The molecule has 0 radical (unpaired) electrons. The zero-order valence-corrected chi connectivity index (χ0v) is 9.93. The number of anilines is 1. The van der Waals surface area contributed by atoms with Gasteiger partial charge in [0.05, 0.1) is 13.2 Å². The molecule has 0 saturated carbocycles. The number of nitrogens with two attached hydrogens (primary N) is 1. The van der Waals surface area contributed by atoms with Crippen LogP contribution in [0.4, 0.5) is 5.69 Å². The van der Waals surface area contributed by atoms with E-state index in [0.29, 0.717) is 13.2 Å². The third-order valence-corrected chi connectivity index (χ3v) is 2.88. The molecule has 0 aromatic heterocycles. The molecule has 92 valence electrons. The van der Waals surface area contributed by atoms with E-state index in [0.717, 1.165) is 24.3 Å². The first-order chi connectivity index (χ1) is 8.20. The normalized spacial score (nSPS) is 17.5. The quantitative estimate of drug-likeness (QED) is 0.768. The molecular formula is C12H17N3O2. The van der Waals surface area contributed by atoms with E-state index in [2.05, 4.69) is 4.84 Å². The number of amides is 1. The predicted octanol–water partition coefficient (Wildman–Crippen LogP) is 0.355. The second-order valence-corrected chi connectivity index (χ2v) is 4.26. The fraction of sp³-hybridized carbons (Fsp3) is 0.417. The molecule has 5 heteroatoms. The van der Waals surface area contributed by atoms with E-state index in [9.17, 15) is 4.79 Å². The topological polar surface area (TPSA) is 58.8 Å². The number of hydrogen-bond acceptors (Lipinski definition) is 4. The van der Waals surface area contributed by atoms with Crippen molar-refractivity contribution in [3.8, 4) is 0 Å². The Labute approximate surface area is 101 Å². The lowest BCUT2D eigenvalue weighted by molar-refractivity contribution is -0.120. The van der Waals surface area contributed by atoms with E-state index in [-0.39, 0.29) is 5.91 Å². The summed E-state index contributed by atoms with van der Waals surface area (Å²) in [5.41, 5.74) is 1.88. The van der Waals surface area contributed by atoms with Crippen LogP contribution in [0.2, 0.25) is 0 Å². The van der Waals surface area contributed by atoms with Gasteiger partial charge in [-0.3, -0.25) is 14.5 Å². The maximum absolute atomic E-state index is 11.9. The number of piperazine rings is 1. The molecule has 0 atom stereocenters. The van der Waals surface area contributed by atoms with Crippen LogP contribution in [-0.2, 0) is 16.2 Å². The lowest BCUT2D eigenvalue weighted by atomic mass is 10.2. The minimum atomic E-state index is 0.129. The van der Waals surface area contributed by atoms with Crippen LogP contribution >= 0.6 is 0 Å². The Morgan fingerprint density at radius 1 is 1.41 bits per heavy atom. The fourth-order valence-corrected chi connectivity index (χ4v) is 1.97. The lowest BCUT2D eigenvalue weighted by Gasteiger charge is -2.32. The molecule has 1 aliphatic heterocycles. The SMILES string of the molecule is CN1CCN(c2cccc(CON)c2)C(=O)C1. The van der Waals surface area contributed by atoms with Crippen molar-refractivity contribution in [1.82, 2.24) is 4.90 Å². The van der Waals surface area contributed by atoms with Crippen LogP contribution in [-0.4, -0.2) is 37.5 Å².